The average molecular weight is 277 g/mol. The van der Waals surface area contributed by atoms with Gasteiger partial charge in [0.25, 0.3) is 0 Å². The number of nitrogens with one attached hydrogen (secondary N) is 1. The maximum absolute atomic E-state index is 12.2. The highest BCUT2D eigenvalue weighted by Gasteiger charge is 2.45. The van der Waals surface area contributed by atoms with Gasteiger partial charge < -0.3 is 15.3 Å². The van der Waals surface area contributed by atoms with Gasteiger partial charge in [0.15, 0.2) is 0 Å². The molecule has 1 aromatic rings. The van der Waals surface area contributed by atoms with Gasteiger partial charge in [-0.1, -0.05) is 6.07 Å². The van der Waals surface area contributed by atoms with Crippen LogP contribution in [0.3, 0.4) is 0 Å². The number of nitrogens with zero attached hydrogens (tertiary/aromatic N) is 2. The number of likely N-dealkylation sites (tertiary alicyclic amines) is 1. The fourth-order valence-corrected chi connectivity index (χ4v) is 2.47. The third-order valence-electron chi connectivity index (χ3n) is 3.87. The standard InChI is InChI=1S/C14H19N3O3/c1-10-5-3-7-15-11(10)9-16-13(20)17-8-4-6-14(17,2)12(18)19/h3,5,7H,4,6,8-9H2,1-2H3,(H,16,20)(H,18,19). The summed E-state index contributed by atoms with van der Waals surface area (Å²) < 4.78 is 0. The minimum atomic E-state index is -1.11. The molecular formula is C14H19N3O3. The zero-order valence-electron chi connectivity index (χ0n) is 11.7. The van der Waals surface area contributed by atoms with Gasteiger partial charge in [0.2, 0.25) is 0 Å². The molecule has 1 saturated heterocycles. The van der Waals surface area contributed by atoms with E-state index < -0.39 is 11.5 Å². The quantitative estimate of drug-likeness (QED) is 0.878. The highest BCUT2D eigenvalue weighted by Crippen LogP contribution is 2.29. The molecule has 1 aliphatic heterocycles. The topological polar surface area (TPSA) is 82.5 Å². The van der Waals surface area contributed by atoms with E-state index in [-0.39, 0.29) is 6.03 Å². The Kier molecular flexibility index (Phi) is 3.92. The minimum Gasteiger partial charge on any atom is -0.480 e. The number of pyridine rings is 1. The number of carbonyl (C=O) groups excluding carboxylic acids is 1. The van der Waals surface area contributed by atoms with E-state index in [4.69, 9.17) is 0 Å². The molecule has 0 bridgehead atoms. The van der Waals surface area contributed by atoms with E-state index in [9.17, 15) is 14.7 Å². The van der Waals surface area contributed by atoms with Crippen molar-refractivity contribution in [3.8, 4) is 0 Å². The Morgan fingerprint density at radius 1 is 1.55 bits per heavy atom. The highest BCUT2D eigenvalue weighted by atomic mass is 16.4. The smallest absolute Gasteiger partial charge is 0.329 e. The lowest BCUT2D eigenvalue weighted by molar-refractivity contribution is -0.147. The summed E-state index contributed by atoms with van der Waals surface area (Å²) in [4.78, 5) is 29.1. The van der Waals surface area contributed by atoms with Crippen LogP contribution in [0.15, 0.2) is 18.3 Å². The molecule has 2 amide bonds. The molecule has 2 rings (SSSR count). The second-order valence-corrected chi connectivity index (χ2v) is 5.26. The van der Waals surface area contributed by atoms with Crippen LogP contribution in [0.2, 0.25) is 0 Å². The van der Waals surface area contributed by atoms with E-state index in [1.54, 1.807) is 13.1 Å². The minimum absolute atomic E-state index is 0.303. The first-order chi connectivity index (χ1) is 9.45. The van der Waals surface area contributed by atoms with Crippen molar-refractivity contribution in [2.24, 2.45) is 0 Å². The van der Waals surface area contributed by atoms with Crippen LogP contribution in [0.5, 0.6) is 0 Å². The number of carbonyl (C=O) groups is 2. The van der Waals surface area contributed by atoms with E-state index in [1.807, 2.05) is 19.1 Å². The number of urea groups is 1. The summed E-state index contributed by atoms with van der Waals surface area (Å²) >= 11 is 0. The molecule has 2 N–H and O–H groups in total. The number of rotatable bonds is 3. The molecule has 0 aliphatic carbocycles. The lowest BCUT2D eigenvalue weighted by Crippen LogP contribution is -2.54. The fraction of sp³-hybridized carbons (Fsp3) is 0.500. The average Bonchev–Trinajstić information content (AvgIpc) is 2.81. The third kappa shape index (κ3) is 2.59. The Bertz CT molecular complexity index is 532. The summed E-state index contributed by atoms with van der Waals surface area (Å²) in [6.45, 7) is 4.28. The van der Waals surface area contributed by atoms with Gasteiger partial charge in [-0.15, -0.1) is 0 Å². The first-order valence-corrected chi connectivity index (χ1v) is 6.64. The molecule has 1 aromatic heterocycles. The molecule has 0 saturated carbocycles. The van der Waals surface area contributed by atoms with Gasteiger partial charge in [0.1, 0.15) is 5.54 Å². The van der Waals surface area contributed by atoms with Crippen LogP contribution in [0, 0.1) is 6.92 Å². The molecule has 0 aromatic carbocycles. The van der Waals surface area contributed by atoms with Gasteiger partial charge >= 0.3 is 12.0 Å². The van der Waals surface area contributed by atoms with Gasteiger partial charge in [-0.05, 0) is 38.3 Å². The number of aromatic nitrogens is 1. The summed E-state index contributed by atoms with van der Waals surface area (Å²) in [7, 11) is 0. The summed E-state index contributed by atoms with van der Waals surface area (Å²) in [5.74, 6) is -0.959. The Morgan fingerprint density at radius 3 is 2.95 bits per heavy atom. The molecule has 6 heteroatoms. The fourth-order valence-electron chi connectivity index (χ4n) is 2.47. The van der Waals surface area contributed by atoms with E-state index in [0.717, 1.165) is 11.3 Å². The van der Waals surface area contributed by atoms with Gasteiger partial charge in [-0.2, -0.15) is 0 Å². The number of hydrogen-bond donors (Lipinski definition) is 2. The Balaban J connectivity index is 2.02. The molecular weight excluding hydrogens is 258 g/mol. The Hall–Kier alpha value is -2.11. The van der Waals surface area contributed by atoms with Gasteiger partial charge in [0.05, 0.1) is 12.2 Å². The second kappa shape index (κ2) is 5.48. The lowest BCUT2D eigenvalue weighted by Gasteiger charge is -2.31. The maximum atomic E-state index is 12.2. The van der Waals surface area contributed by atoms with Crippen molar-refractivity contribution in [2.45, 2.75) is 38.8 Å². The summed E-state index contributed by atoms with van der Waals surface area (Å²) in [5.41, 5.74) is 0.677. The van der Waals surface area contributed by atoms with Crippen LogP contribution >= 0.6 is 0 Å². The second-order valence-electron chi connectivity index (χ2n) is 5.26. The van der Waals surface area contributed by atoms with E-state index in [2.05, 4.69) is 10.3 Å². The van der Waals surface area contributed by atoms with Crippen LogP contribution in [-0.4, -0.2) is 39.1 Å². The predicted molar refractivity (Wildman–Crippen MR) is 73.2 cm³/mol. The summed E-state index contributed by atoms with van der Waals surface area (Å²) in [6, 6.07) is 3.41. The lowest BCUT2D eigenvalue weighted by atomic mass is 10.00. The number of aliphatic carboxylic acids is 1. The predicted octanol–water partition coefficient (Wildman–Crippen LogP) is 1.54. The van der Waals surface area contributed by atoms with E-state index in [0.29, 0.717) is 25.9 Å². The maximum Gasteiger partial charge on any atom is 0.329 e. The third-order valence-corrected chi connectivity index (χ3v) is 3.87. The molecule has 1 aliphatic rings. The largest absolute Gasteiger partial charge is 0.480 e. The van der Waals surface area contributed by atoms with Crippen molar-refractivity contribution in [3.63, 3.8) is 0 Å². The van der Waals surface area contributed by atoms with Crippen molar-refractivity contribution in [2.75, 3.05) is 6.54 Å². The number of hydrogen-bond acceptors (Lipinski definition) is 3. The monoisotopic (exact) mass is 277 g/mol. The molecule has 1 unspecified atom stereocenters. The first kappa shape index (κ1) is 14.3. The molecule has 2 heterocycles. The molecule has 108 valence electrons. The van der Waals surface area contributed by atoms with Crippen molar-refractivity contribution >= 4 is 12.0 Å². The molecule has 1 atom stereocenters. The van der Waals surface area contributed by atoms with E-state index in [1.165, 1.54) is 4.90 Å². The molecule has 1 fully saturated rings. The number of aryl methyl sites for hydroxylation is 1. The van der Waals surface area contributed by atoms with Crippen molar-refractivity contribution < 1.29 is 14.7 Å². The number of carboxylic acids is 1. The molecule has 0 spiro atoms. The number of amides is 2. The van der Waals surface area contributed by atoms with Crippen LogP contribution < -0.4 is 5.32 Å². The molecule has 6 nitrogen and oxygen atoms in total. The van der Waals surface area contributed by atoms with Crippen molar-refractivity contribution in [3.05, 3.63) is 29.6 Å². The SMILES string of the molecule is Cc1cccnc1CNC(=O)N1CCCC1(C)C(=O)O. The summed E-state index contributed by atoms with van der Waals surface area (Å²) in [6.07, 6.45) is 2.86. The molecule has 20 heavy (non-hydrogen) atoms. The van der Waals surface area contributed by atoms with Gasteiger partial charge in [-0.25, -0.2) is 9.59 Å². The Morgan fingerprint density at radius 2 is 2.30 bits per heavy atom. The van der Waals surface area contributed by atoms with Crippen LogP contribution in [0.1, 0.15) is 31.0 Å². The van der Waals surface area contributed by atoms with Crippen LogP contribution in [0.25, 0.3) is 0 Å². The van der Waals surface area contributed by atoms with Crippen molar-refractivity contribution in [1.82, 2.24) is 15.2 Å². The van der Waals surface area contributed by atoms with Crippen molar-refractivity contribution in [1.29, 1.82) is 0 Å². The molecule has 0 radical (unpaired) electrons. The van der Waals surface area contributed by atoms with Gasteiger partial charge in [-0.3, -0.25) is 4.98 Å². The number of carboxylic acid groups (broad SMARTS) is 1. The Labute approximate surface area is 117 Å². The first-order valence-electron chi connectivity index (χ1n) is 6.64. The zero-order chi connectivity index (χ0) is 14.8. The van der Waals surface area contributed by atoms with Gasteiger partial charge in [0, 0.05) is 12.7 Å². The highest BCUT2D eigenvalue weighted by molar-refractivity contribution is 5.86. The van der Waals surface area contributed by atoms with Crippen LogP contribution in [0.4, 0.5) is 4.79 Å². The normalized spacial score (nSPS) is 21.8. The summed E-state index contributed by atoms with van der Waals surface area (Å²) in [5, 5.41) is 12.0. The van der Waals surface area contributed by atoms with Crippen LogP contribution in [-0.2, 0) is 11.3 Å². The zero-order valence-corrected chi connectivity index (χ0v) is 11.7. The van der Waals surface area contributed by atoms with E-state index >= 15 is 0 Å².